The SMILES string of the molecule is Cc1ccc(-c2ccc(C)cc2)cc1.NN. The van der Waals surface area contributed by atoms with Crippen molar-refractivity contribution in [3.8, 4) is 11.1 Å². The van der Waals surface area contributed by atoms with Crippen LogP contribution >= 0.6 is 0 Å². The normalized spacial score (nSPS) is 9.25. The molecule has 0 saturated heterocycles. The summed E-state index contributed by atoms with van der Waals surface area (Å²) >= 11 is 0. The van der Waals surface area contributed by atoms with E-state index in [0.29, 0.717) is 0 Å². The average Bonchev–Trinajstić information content (AvgIpc) is 2.34. The van der Waals surface area contributed by atoms with Crippen molar-refractivity contribution in [3.63, 3.8) is 0 Å². The molecule has 0 atom stereocenters. The highest BCUT2D eigenvalue weighted by Gasteiger charge is 1.95. The summed E-state index contributed by atoms with van der Waals surface area (Å²) < 4.78 is 0. The van der Waals surface area contributed by atoms with Gasteiger partial charge in [-0.15, -0.1) is 0 Å². The van der Waals surface area contributed by atoms with Crippen LogP contribution in [0.25, 0.3) is 11.1 Å². The molecule has 0 saturated carbocycles. The van der Waals surface area contributed by atoms with Gasteiger partial charge in [-0.3, -0.25) is 11.7 Å². The van der Waals surface area contributed by atoms with Crippen LogP contribution in [0.1, 0.15) is 11.1 Å². The minimum Gasteiger partial charge on any atom is -0.274 e. The van der Waals surface area contributed by atoms with E-state index in [1.54, 1.807) is 0 Å². The quantitative estimate of drug-likeness (QED) is 0.566. The van der Waals surface area contributed by atoms with Gasteiger partial charge in [0.25, 0.3) is 0 Å². The maximum Gasteiger partial charge on any atom is -0.0184 e. The van der Waals surface area contributed by atoms with Gasteiger partial charge in [0.2, 0.25) is 0 Å². The Morgan fingerprint density at radius 2 is 0.812 bits per heavy atom. The Balaban J connectivity index is 0.000000606. The van der Waals surface area contributed by atoms with Gasteiger partial charge in [-0.2, -0.15) is 0 Å². The van der Waals surface area contributed by atoms with E-state index in [0.717, 1.165) is 0 Å². The maximum absolute atomic E-state index is 4.00. The predicted octanol–water partition coefficient (Wildman–Crippen LogP) is 2.79. The van der Waals surface area contributed by atoms with Gasteiger partial charge >= 0.3 is 0 Å². The first-order chi connectivity index (χ1) is 7.75. The summed E-state index contributed by atoms with van der Waals surface area (Å²) in [6.45, 7) is 4.22. The van der Waals surface area contributed by atoms with Crippen molar-refractivity contribution in [2.45, 2.75) is 13.8 Å². The topological polar surface area (TPSA) is 52.0 Å². The molecule has 16 heavy (non-hydrogen) atoms. The largest absolute Gasteiger partial charge is 0.274 e. The van der Waals surface area contributed by atoms with Crippen LogP contribution < -0.4 is 11.7 Å². The van der Waals surface area contributed by atoms with Gasteiger partial charge in [0.1, 0.15) is 0 Å². The third-order valence-corrected chi connectivity index (χ3v) is 2.44. The van der Waals surface area contributed by atoms with Crippen LogP contribution in [0.4, 0.5) is 0 Å². The molecule has 2 nitrogen and oxygen atoms in total. The molecular weight excluding hydrogens is 196 g/mol. The minimum atomic E-state index is 1.29. The molecule has 84 valence electrons. The Bertz CT molecular complexity index is 372. The van der Waals surface area contributed by atoms with Crippen LogP contribution in [-0.4, -0.2) is 0 Å². The van der Waals surface area contributed by atoms with Crippen molar-refractivity contribution in [1.29, 1.82) is 0 Å². The van der Waals surface area contributed by atoms with E-state index in [9.17, 15) is 0 Å². The van der Waals surface area contributed by atoms with E-state index in [2.05, 4.69) is 74.1 Å². The smallest absolute Gasteiger partial charge is 0.0184 e. The summed E-state index contributed by atoms with van der Waals surface area (Å²) in [4.78, 5) is 0. The molecule has 0 aliphatic rings. The molecule has 2 heteroatoms. The van der Waals surface area contributed by atoms with E-state index in [-0.39, 0.29) is 0 Å². The second-order valence-corrected chi connectivity index (χ2v) is 3.73. The summed E-state index contributed by atoms with van der Waals surface area (Å²) in [7, 11) is 0. The fourth-order valence-corrected chi connectivity index (χ4v) is 1.49. The van der Waals surface area contributed by atoms with Crippen molar-refractivity contribution in [3.05, 3.63) is 59.7 Å². The van der Waals surface area contributed by atoms with Crippen LogP contribution in [0.3, 0.4) is 0 Å². The molecule has 0 aliphatic heterocycles. The minimum absolute atomic E-state index is 1.29. The monoisotopic (exact) mass is 214 g/mol. The molecule has 0 amide bonds. The molecule has 0 aliphatic carbocycles. The van der Waals surface area contributed by atoms with Crippen LogP contribution in [-0.2, 0) is 0 Å². The highest BCUT2D eigenvalue weighted by Crippen LogP contribution is 2.19. The van der Waals surface area contributed by atoms with Crippen molar-refractivity contribution in [1.82, 2.24) is 0 Å². The lowest BCUT2D eigenvalue weighted by Gasteiger charge is -2.02. The van der Waals surface area contributed by atoms with Gasteiger partial charge in [-0.25, -0.2) is 0 Å². The third-order valence-electron chi connectivity index (χ3n) is 2.44. The Hall–Kier alpha value is -1.64. The van der Waals surface area contributed by atoms with Crippen LogP contribution in [0.2, 0.25) is 0 Å². The Kier molecular flexibility index (Phi) is 4.70. The lowest BCUT2D eigenvalue weighted by molar-refractivity contribution is 1.26. The molecule has 2 aromatic carbocycles. The molecule has 0 bridgehead atoms. The van der Waals surface area contributed by atoms with Gasteiger partial charge in [-0.05, 0) is 25.0 Å². The number of aryl methyl sites for hydroxylation is 2. The summed E-state index contributed by atoms with van der Waals surface area (Å²) in [5.74, 6) is 8.00. The summed E-state index contributed by atoms with van der Waals surface area (Å²) in [5, 5.41) is 0. The van der Waals surface area contributed by atoms with Gasteiger partial charge in [-0.1, -0.05) is 59.7 Å². The lowest BCUT2D eigenvalue weighted by atomic mass is 10.0. The molecule has 0 heterocycles. The molecule has 0 spiro atoms. The maximum atomic E-state index is 4.00. The molecule has 4 N–H and O–H groups in total. The van der Waals surface area contributed by atoms with Gasteiger partial charge in [0, 0.05) is 0 Å². The number of benzene rings is 2. The molecule has 2 aromatic rings. The van der Waals surface area contributed by atoms with Crippen molar-refractivity contribution < 1.29 is 0 Å². The summed E-state index contributed by atoms with van der Waals surface area (Å²) in [5.41, 5.74) is 5.19. The number of hydrazine groups is 1. The zero-order valence-corrected chi connectivity index (χ0v) is 9.77. The second-order valence-electron chi connectivity index (χ2n) is 3.73. The Labute approximate surface area is 96.9 Å². The van der Waals surface area contributed by atoms with Crippen LogP contribution in [0, 0.1) is 13.8 Å². The number of hydrogen-bond acceptors (Lipinski definition) is 2. The van der Waals surface area contributed by atoms with Crippen molar-refractivity contribution >= 4 is 0 Å². The average molecular weight is 214 g/mol. The molecular formula is C14H18N2. The van der Waals surface area contributed by atoms with Gasteiger partial charge in [0.15, 0.2) is 0 Å². The van der Waals surface area contributed by atoms with Gasteiger partial charge < -0.3 is 0 Å². The number of nitrogens with two attached hydrogens (primary N) is 2. The zero-order valence-electron chi connectivity index (χ0n) is 9.77. The standard InChI is InChI=1S/C14H14.H4N2/c1-11-3-7-13(8-4-11)14-9-5-12(2)6-10-14;1-2/h3-10H,1-2H3;1-2H2. The van der Waals surface area contributed by atoms with Crippen molar-refractivity contribution in [2.75, 3.05) is 0 Å². The first-order valence-electron chi connectivity index (χ1n) is 5.23. The molecule has 2 rings (SSSR count). The van der Waals surface area contributed by atoms with Crippen LogP contribution in [0.5, 0.6) is 0 Å². The molecule has 0 fully saturated rings. The van der Waals surface area contributed by atoms with E-state index >= 15 is 0 Å². The second kappa shape index (κ2) is 6.05. The Morgan fingerprint density at radius 3 is 1.06 bits per heavy atom. The fourth-order valence-electron chi connectivity index (χ4n) is 1.49. The summed E-state index contributed by atoms with van der Waals surface area (Å²) in [6, 6.07) is 17.3. The highest BCUT2D eigenvalue weighted by molar-refractivity contribution is 5.63. The third kappa shape index (κ3) is 3.19. The molecule has 0 radical (unpaired) electrons. The zero-order chi connectivity index (χ0) is 12.0. The number of hydrogen-bond donors (Lipinski definition) is 2. The van der Waals surface area contributed by atoms with E-state index < -0.39 is 0 Å². The highest BCUT2D eigenvalue weighted by atomic mass is 15.0. The molecule has 0 aromatic heterocycles. The van der Waals surface area contributed by atoms with Crippen LogP contribution in [0.15, 0.2) is 48.5 Å². The molecule has 0 unspecified atom stereocenters. The first kappa shape index (κ1) is 12.4. The van der Waals surface area contributed by atoms with Crippen molar-refractivity contribution in [2.24, 2.45) is 11.7 Å². The van der Waals surface area contributed by atoms with Gasteiger partial charge in [0.05, 0.1) is 0 Å². The van der Waals surface area contributed by atoms with E-state index in [1.165, 1.54) is 22.3 Å². The van der Waals surface area contributed by atoms with E-state index in [4.69, 9.17) is 0 Å². The first-order valence-corrected chi connectivity index (χ1v) is 5.23. The van der Waals surface area contributed by atoms with E-state index in [1.807, 2.05) is 0 Å². The fraction of sp³-hybridized carbons (Fsp3) is 0.143. The predicted molar refractivity (Wildman–Crippen MR) is 69.7 cm³/mol. The number of rotatable bonds is 1. The summed E-state index contributed by atoms with van der Waals surface area (Å²) in [6.07, 6.45) is 0. The Morgan fingerprint density at radius 1 is 0.562 bits per heavy atom. The lowest BCUT2D eigenvalue weighted by Crippen LogP contribution is -2.02.